The van der Waals surface area contributed by atoms with Crippen molar-refractivity contribution in [2.24, 2.45) is 0 Å². The van der Waals surface area contributed by atoms with Crippen LogP contribution in [0.2, 0.25) is 0 Å². The summed E-state index contributed by atoms with van der Waals surface area (Å²) in [5.74, 6) is 0.871. The zero-order chi connectivity index (χ0) is 12.4. The van der Waals surface area contributed by atoms with Crippen molar-refractivity contribution in [2.75, 3.05) is 0 Å². The van der Waals surface area contributed by atoms with E-state index in [4.69, 9.17) is 4.74 Å². The molecule has 0 aliphatic heterocycles. The van der Waals surface area contributed by atoms with Gasteiger partial charge in [-0.05, 0) is 49.8 Å². The van der Waals surface area contributed by atoms with Crippen LogP contribution in [0.15, 0.2) is 24.3 Å². The molecule has 3 heteroatoms. The maximum Gasteiger partial charge on any atom is 0.124 e. The van der Waals surface area contributed by atoms with Crippen LogP contribution < -0.4 is 10.1 Å². The molecular formula is C15H21NO2. The second-order valence-corrected chi connectivity index (χ2v) is 5.45. The second kappa shape index (κ2) is 5.29. The number of ether oxygens (including phenoxy) is 1. The molecule has 0 saturated heterocycles. The van der Waals surface area contributed by atoms with E-state index in [2.05, 4.69) is 17.4 Å². The summed E-state index contributed by atoms with van der Waals surface area (Å²) in [6, 6.07) is 8.97. The molecule has 0 amide bonds. The minimum absolute atomic E-state index is 0.0135. The molecule has 18 heavy (non-hydrogen) atoms. The van der Waals surface area contributed by atoms with Gasteiger partial charge in [0.2, 0.25) is 0 Å². The first kappa shape index (κ1) is 12.0. The molecule has 1 aromatic rings. The molecule has 2 saturated carbocycles. The Kier molecular flexibility index (Phi) is 3.52. The lowest BCUT2D eigenvalue weighted by Gasteiger charge is -2.17. The summed E-state index contributed by atoms with van der Waals surface area (Å²) in [7, 11) is 0. The normalized spacial score (nSPS) is 27.4. The van der Waals surface area contributed by atoms with Gasteiger partial charge < -0.3 is 15.2 Å². The van der Waals surface area contributed by atoms with Gasteiger partial charge in [-0.15, -0.1) is 0 Å². The van der Waals surface area contributed by atoms with Gasteiger partial charge in [-0.2, -0.15) is 0 Å². The molecule has 1 aromatic carbocycles. The molecular weight excluding hydrogens is 226 g/mol. The summed E-state index contributed by atoms with van der Waals surface area (Å²) < 4.78 is 5.81. The maximum absolute atomic E-state index is 9.72. The summed E-state index contributed by atoms with van der Waals surface area (Å²) >= 11 is 0. The number of nitrogens with one attached hydrogen (secondary N) is 1. The first-order chi connectivity index (χ1) is 8.81. The summed E-state index contributed by atoms with van der Waals surface area (Å²) in [6.45, 7) is 0.941. The number of aliphatic hydroxyl groups excluding tert-OH is 1. The van der Waals surface area contributed by atoms with Crippen molar-refractivity contribution < 1.29 is 9.84 Å². The monoisotopic (exact) mass is 247 g/mol. The van der Waals surface area contributed by atoms with E-state index in [1.807, 2.05) is 12.1 Å². The minimum atomic E-state index is -0.291. The Morgan fingerprint density at radius 2 is 1.89 bits per heavy atom. The molecule has 3 nitrogen and oxygen atoms in total. The quantitative estimate of drug-likeness (QED) is 0.838. The largest absolute Gasteiger partial charge is 0.488 e. The van der Waals surface area contributed by atoms with Crippen molar-refractivity contribution >= 4 is 0 Å². The number of hydrogen-bond acceptors (Lipinski definition) is 3. The van der Waals surface area contributed by atoms with Gasteiger partial charge in [0.05, 0.1) is 6.10 Å². The third-order valence-electron chi connectivity index (χ3n) is 3.80. The van der Waals surface area contributed by atoms with Gasteiger partial charge in [0.1, 0.15) is 11.9 Å². The highest BCUT2D eigenvalue weighted by Gasteiger charge is 2.26. The Balaban J connectivity index is 1.53. The highest BCUT2D eigenvalue weighted by molar-refractivity contribution is 5.27. The Labute approximate surface area is 108 Å². The molecule has 98 valence electrons. The first-order valence-corrected chi connectivity index (χ1v) is 6.98. The molecule has 2 atom stereocenters. The standard InChI is InChI=1S/C15H21NO2/c17-14-2-1-3-15(14)18-13-8-4-11(5-9-13)10-16-12-6-7-12/h4-5,8-9,12,14-17H,1-3,6-7,10H2. The average molecular weight is 247 g/mol. The summed E-state index contributed by atoms with van der Waals surface area (Å²) in [5, 5.41) is 13.2. The zero-order valence-corrected chi connectivity index (χ0v) is 10.6. The SMILES string of the molecule is OC1CCCC1Oc1ccc(CNC2CC2)cc1. The van der Waals surface area contributed by atoms with E-state index in [0.29, 0.717) is 0 Å². The van der Waals surface area contributed by atoms with E-state index in [-0.39, 0.29) is 12.2 Å². The zero-order valence-electron chi connectivity index (χ0n) is 10.6. The molecule has 2 fully saturated rings. The fraction of sp³-hybridized carbons (Fsp3) is 0.600. The molecule has 0 radical (unpaired) electrons. The lowest BCUT2D eigenvalue weighted by atomic mass is 10.2. The molecule has 0 spiro atoms. The van der Waals surface area contributed by atoms with Crippen LogP contribution in [0.3, 0.4) is 0 Å². The van der Waals surface area contributed by atoms with E-state index < -0.39 is 0 Å². The highest BCUT2D eigenvalue weighted by atomic mass is 16.5. The Morgan fingerprint density at radius 3 is 2.50 bits per heavy atom. The van der Waals surface area contributed by atoms with Gasteiger partial charge in [-0.3, -0.25) is 0 Å². The lowest BCUT2D eigenvalue weighted by molar-refractivity contribution is 0.0604. The third kappa shape index (κ3) is 3.03. The molecule has 0 aromatic heterocycles. The van der Waals surface area contributed by atoms with Crippen LogP contribution in [0, 0.1) is 0 Å². The summed E-state index contributed by atoms with van der Waals surface area (Å²) in [5.41, 5.74) is 1.29. The maximum atomic E-state index is 9.72. The van der Waals surface area contributed by atoms with Crippen LogP contribution in [0.1, 0.15) is 37.7 Å². The topological polar surface area (TPSA) is 41.5 Å². The molecule has 3 rings (SSSR count). The average Bonchev–Trinajstić information content (AvgIpc) is 3.13. The first-order valence-electron chi connectivity index (χ1n) is 6.98. The van der Waals surface area contributed by atoms with E-state index in [1.54, 1.807) is 0 Å². The fourth-order valence-corrected chi connectivity index (χ4v) is 2.45. The van der Waals surface area contributed by atoms with Crippen molar-refractivity contribution in [1.29, 1.82) is 0 Å². The smallest absolute Gasteiger partial charge is 0.124 e. The molecule has 0 bridgehead atoms. The number of benzene rings is 1. The van der Waals surface area contributed by atoms with E-state index in [9.17, 15) is 5.11 Å². The molecule has 0 heterocycles. The molecule has 2 N–H and O–H groups in total. The van der Waals surface area contributed by atoms with Gasteiger partial charge in [-0.25, -0.2) is 0 Å². The Hall–Kier alpha value is -1.06. The summed E-state index contributed by atoms with van der Waals surface area (Å²) in [4.78, 5) is 0. The van der Waals surface area contributed by atoms with E-state index in [0.717, 1.165) is 37.6 Å². The molecule has 2 aliphatic rings. The summed E-state index contributed by atoms with van der Waals surface area (Å²) in [6.07, 6.45) is 5.23. The number of aliphatic hydroxyl groups is 1. The van der Waals surface area contributed by atoms with Crippen molar-refractivity contribution in [3.8, 4) is 5.75 Å². The number of rotatable bonds is 5. The van der Waals surface area contributed by atoms with Crippen LogP contribution >= 0.6 is 0 Å². The highest BCUT2D eigenvalue weighted by Crippen LogP contribution is 2.25. The fourth-order valence-electron chi connectivity index (χ4n) is 2.45. The van der Waals surface area contributed by atoms with Crippen LogP contribution in [-0.2, 0) is 6.54 Å². The molecule has 2 unspecified atom stereocenters. The number of hydrogen-bond donors (Lipinski definition) is 2. The van der Waals surface area contributed by atoms with E-state index >= 15 is 0 Å². The van der Waals surface area contributed by atoms with Crippen molar-refractivity contribution in [3.05, 3.63) is 29.8 Å². The predicted octanol–water partition coefficient (Wildman–Crippen LogP) is 2.23. The van der Waals surface area contributed by atoms with Gasteiger partial charge in [0.15, 0.2) is 0 Å². The van der Waals surface area contributed by atoms with Crippen molar-refractivity contribution in [1.82, 2.24) is 5.32 Å². The lowest BCUT2D eigenvalue weighted by Crippen LogP contribution is -2.25. The van der Waals surface area contributed by atoms with Gasteiger partial charge >= 0.3 is 0 Å². The van der Waals surface area contributed by atoms with Crippen LogP contribution in [0.25, 0.3) is 0 Å². The van der Waals surface area contributed by atoms with E-state index in [1.165, 1.54) is 18.4 Å². The third-order valence-corrected chi connectivity index (χ3v) is 3.80. The van der Waals surface area contributed by atoms with Gasteiger partial charge in [0, 0.05) is 12.6 Å². The van der Waals surface area contributed by atoms with Gasteiger partial charge in [0.25, 0.3) is 0 Å². The minimum Gasteiger partial charge on any atom is -0.488 e. The second-order valence-electron chi connectivity index (χ2n) is 5.45. The van der Waals surface area contributed by atoms with Gasteiger partial charge in [-0.1, -0.05) is 12.1 Å². The Bertz CT molecular complexity index is 386. The Morgan fingerprint density at radius 1 is 1.11 bits per heavy atom. The van der Waals surface area contributed by atoms with Crippen LogP contribution in [0.5, 0.6) is 5.75 Å². The van der Waals surface area contributed by atoms with Crippen molar-refractivity contribution in [2.45, 2.75) is 56.9 Å². The molecule has 2 aliphatic carbocycles. The van der Waals surface area contributed by atoms with Crippen LogP contribution in [0.4, 0.5) is 0 Å². The predicted molar refractivity (Wildman–Crippen MR) is 70.6 cm³/mol. The van der Waals surface area contributed by atoms with Crippen molar-refractivity contribution in [3.63, 3.8) is 0 Å². The van der Waals surface area contributed by atoms with Crippen LogP contribution in [-0.4, -0.2) is 23.4 Å².